The van der Waals surface area contributed by atoms with Crippen molar-refractivity contribution in [1.29, 1.82) is 0 Å². The lowest BCUT2D eigenvalue weighted by Gasteiger charge is -2.06. The van der Waals surface area contributed by atoms with E-state index in [1.54, 1.807) is 18.2 Å². The molecule has 2 N–H and O–H groups in total. The number of amides is 2. The number of para-hydroxylation sites is 1. The summed E-state index contributed by atoms with van der Waals surface area (Å²) in [7, 11) is 0. The zero-order valence-electron chi connectivity index (χ0n) is 12.6. The first kappa shape index (κ1) is 16.9. The smallest absolute Gasteiger partial charge is 0.243 e. The van der Waals surface area contributed by atoms with E-state index in [0.717, 1.165) is 0 Å². The van der Waals surface area contributed by atoms with Crippen molar-refractivity contribution in [1.82, 2.24) is 5.32 Å². The molecular weight excluding hydrogens is 312 g/mol. The Morgan fingerprint density at radius 1 is 0.913 bits per heavy atom. The number of anilines is 1. The highest BCUT2D eigenvalue weighted by Gasteiger charge is 2.09. The molecule has 0 saturated heterocycles. The monoisotopic (exact) mass is 330 g/mol. The minimum atomic E-state index is -0.279. The third-order valence-corrected chi connectivity index (χ3v) is 4.02. The van der Waals surface area contributed by atoms with Crippen LogP contribution in [-0.2, 0) is 9.59 Å². The minimum absolute atomic E-state index is 0.0506. The molecule has 0 fully saturated rings. The summed E-state index contributed by atoms with van der Waals surface area (Å²) in [6.45, 7) is -0.0768. The molecule has 23 heavy (non-hydrogen) atoms. The first-order valence-electron chi connectivity index (χ1n) is 7.33. The Balaban J connectivity index is 1.61. The van der Waals surface area contributed by atoms with Gasteiger partial charge in [-0.25, -0.2) is 0 Å². The second kappa shape index (κ2) is 8.85. The molecule has 0 unspecified atom stereocenters. The maximum absolute atomic E-state index is 11.8. The number of ketones is 1. The van der Waals surface area contributed by atoms with Crippen molar-refractivity contribution in [2.75, 3.05) is 11.9 Å². The summed E-state index contributed by atoms with van der Waals surface area (Å²) < 4.78 is 0. The van der Waals surface area contributed by atoms with E-state index in [4.69, 9.17) is 0 Å². The van der Waals surface area contributed by atoms with Crippen LogP contribution in [0.5, 0.6) is 0 Å². The van der Waals surface area contributed by atoms with Crippen LogP contribution >= 0.6 is 11.3 Å². The molecule has 0 aliphatic rings. The quantitative estimate of drug-likeness (QED) is 0.731. The number of hydrogen-bond donors (Lipinski definition) is 2. The van der Waals surface area contributed by atoms with E-state index in [0.29, 0.717) is 23.4 Å². The van der Waals surface area contributed by atoms with Crippen molar-refractivity contribution in [2.24, 2.45) is 0 Å². The molecule has 1 aromatic heterocycles. The van der Waals surface area contributed by atoms with Gasteiger partial charge < -0.3 is 10.6 Å². The van der Waals surface area contributed by atoms with Crippen LogP contribution in [0.1, 0.15) is 28.9 Å². The van der Waals surface area contributed by atoms with Gasteiger partial charge in [0.15, 0.2) is 5.78 Å². The van der Waals surface area contributed by atoms with Crippen molar-refractivity contribution in [3.05, 3.63) is 52.7 Å². The topological polar surface area (TPSA) is 75.3 Å². The molecular formula is C17H18N2O3S. The van der Waals surface area contributed by atoms with Crippen molar-refractivity contribution in [3.8, 4) is 0 Å². The summed E-state index contributed by atoms with van der Waals surface area (Å²) in [5.74, 6) is -0.457. The zero-order chi connectivity index (χ0) is 16.5. The first-order chi connectivity index (χ1) is 11.1. The van der Waals surface area contributed by atoms with E-state index >= 15 is 0 Å². The Labute approximate surface area is 138 Å². The van der Waals surface area contributed by atoms with Gasteiger partial charge in [-0.2, -0.15) is 0 Å². The average molecular weight is 330 g/mol. The summed E-state index contributed by atoms with van der Waals surface area (Å²) in [6.07, 6.45) is 1.04. The number of hydrogen-bond acceptors (Lipinski definition) is 4. The first-order valence-corrected chi connectivity index (χ1v) is 8.21. The van der Waals surface area contributed by atoms with E-state index in [2.05, 4.69) is 10.6 Å². The highest BCUT2D eigenvalue weighted by atomic mass is 32.1. The third-order valence-electron chi connectivity index (χ3n) is 3.11. The van der Waals surface area contributed by atoms with Gasteiger partial charge in [0.2, 0.25) is 11.8 Å². The number of Topliss-reactive ketones (excluding diaryl/α,β-unsaturated/α-hetero) is 1. The molecule has 0 bridgehead atoms. The summed E-state index contributed by atoms with van der Waals surface area (Å²) in [5.41, 5.74) is 0.688. The molecule has 2 amide bonds. The van der Waals surface area contributed by atoms with Crippen molar-refractivity contribution >= 4 is 34.6 Å². The second-order valence-corrected chi connectivity index (χ2v) is 5.89. The molecule has 120 valence electrons. The van der Waals surface area contributed by atoms with Gasteiger partial charge in [0, 0.05) is 18.5 Å². The Morgan fingerprint density at radius 2 is 1.70 bits per heavy atom. The Kier molecular flexibility index (Phi) is 6.50. The molecule has 2 aromatic rings. The fraction of sp³-hybridized carbons (Fsp3) is 0.235. The van der Waals surface area contributed by atoms with Crippen LogP contribution in [0.3, 0.4) is 0 Å². The summed E-state index contributed by atoms with van der Waals surface area (Å²) in [4.78, 5) is 35.8. The zero-order valence-corrected chi connectivity index (χ0v) is 13.4. The maximum Gasteiger partial charge on any atom is 0.243 e. The normalized spacial score (nSPS) is 10.1. The second-order valence-electron chi connectivity index (χ2n) is 4.94. The summed E-state index contributed by atoms with van der Waals surface area (Å²) in [6, 6.07) is 12.6. The molecule has 2 rings (SSSR count). The van der Waals surface area contributed by atoms with Crippen LogP contribution in [0.25, 0.3) is 0 Å². The lowest BCUT2D eigenvalue weighted by molar-refractivity contribution is -0.124. The van der Waals surface area contributed by atoms with Gasteiger partial charge in [0.25, 0.3) is 0 Å². The maximum atomic E-state index is 11.8. The number of nitrogens with one attached hydrogen (secondary N) is 2. The largest absolute Gasteiger partial charge is 0.347 e. The summed E-state index contributed by atoms with van der Waals surface area (Å²) >= 11 is 1.40. The van der Waals surface area contributed by atoms with Gasteiger partial charge in [-0.05, 0) is 30.0 Å². The van der Waals surface area contributed by atoms with Crippen LogP contribution in [0.4, 0.5) is 5.69 Å². The Hall–Kier alpha value is -2.47. The van der Waals surface area contributed by atoms with Gasteiger partial charge in [0.1, 0.15) is 0 Å². The molecule has 0 radical (unpaired) electrons. The van der Waals surface area contributed by atoms with Gasteiger partial charge in [-0.1, -0.05) is 24.3 Å². The SMILES string of the molecule is O=C(CCCC(=O)c1cccs1)NCC(=O)Nc1ccccc1. The number of benzene rings is 1. The van der Waals surface area contributed by atoms with Crippen LogP contribution in [0.2, 0.25) is 0 Å². The molecule has 1 heterocycles. The number of carbonyl (C=O) groups is 3. The van der Waals surface area contributed by atoms with Crippen LogP contribution in [0.15, 0.2) is 47.8 Å². The van der Waals surface area contributed by atoms with E-state index < -0.39 is 0 Å². The standard InChI is InChI=1S/C17H18N2O3S/c20-14(15-9-5-11-23-15)8-4-10-16(21)18-12-17(22)19-13-6-2-1-3-7-13/h1-3,5-7,9,11H,4,8,10,12H2,(H,18,21)(H,19,22). The third kappa shape index (κ3) is 6.04. The summed E-state index contributed by atoms with van der Waals surface area (Å²) in [5, 5.41) is 7.09. The number of rotatable bonds is 8. The number of carbonyl (C=O) groups excluding carboxylic acids is 3. The molecule has 0 aliphatic heterocycles. The number of thiophene rings is 1. The van der Waals surface area contributed by atoms with Gasteiger partial charge in [-0.3, -0.25) is 14.4 Å². The highest BCUT2D eigenvalue weighted by molar-refractivity contribution is 7.12. The van der Waals surface area contributed by atoms with Gasteiger partial charge in [0.05, 0.1) is 11.4 Å². The molecule has 0 atom stereocenters. The minimum Gasteiger partial charge on any atom is -0.347 e. The predicted molar refractivity (Wildman–Crippen MR) is 90.6 cm³/mol. The van der Waals surface area contributed by atoms with E-state index in [1.165, 1.54) is 11.3 Å². The van der Waals surface area contributed by atoms with Crippen LogP contribution in [-0.4, -0.2) is 24.1 Å². The van der Waals surface area contributed by atoms with Crippen molar-refractivity contribution < 1.29 is 14.4 Å². The highest BCUT2D eigenvalue weighted by Crippen LogP contribution is 2.12. The predicted octanol–water partition coefficient (Wildman–Crippen LogP) is 2.86. The molecule has 1 aromatic carbocycles. The molecule has 6 heteroatoms. The Morgan fingerprint density at radius 3 is 2.39 bits per heavy atom. The van der Waals surface area contributed by atoms with Gasteiger partial charge >= 0.3 is 0 Å². The average Bonchev–Trinajstić information content (AvgIpc) is 3.08. The lowest BCUT2D eigenvalue weighted by atomic mass is 10.1. The molecule has 0 aliphatic carbocycles. The van der Waals surface area contributed by atoms with Crippen LogP contribution in [0, 0.1) is 0 Å². The van der Waals surface area contributed by atoms with E-state index in [1.807, 2.05) is 29.6 Å². The van der Waals surface area contributed by atoms with Crippen molar-refractivity contribution in [3.63, 3.8) is 0 Å². The fourth-order valence-electron chi connectivity index (χ4n) is 1.96. The lowest BCUT2D eigenvalue weighted by Crippen LogP contribution is -2.32. The Bertz CT molecular complexity index is 654. The molecule has 0 spiro atoms. The van der Waals surface area contributed by atoms with Crippen molar-refractivity contribution in [2.45, 2.75) is 19.3 Å². The van der Waals surface area contributed by atoms with Gasteiger partial charge in [-0.15, -0.1) is 11.3 Å². The van der Waals surface area contributed by atoms with Crippen LogP contribution < -0.4 is 10.6 Å². The van der Waals surface area contributed by atoms with E-state index in [-0.39, 0.29) is 30.6 Å². The molecule has 5 nitrogen and oxygen atoms in total. The fourth-order valence-corrected chi connectivity index (χ4v) is 2.66. The van der Waals surface area contributed by atoms with E-state index in [9.17, 15) is 14.4 Å². The molecule has 0 saturated carbocycles.